The zero-order chi connectivity index (χ0) is 33.0. The van der Waals surface area contributed by atoms with Crippen LogP contribution in [-0.4, -0.2) is 21.0 Å². The van der Waals surface area contributed by atoms with Crippen molar-refractivity contribution in [3.63, 3.8) is 0 Å². The summed E-state index contributed by atoms with van der Waals surface area (Å²) in [7, 11) is 0. The van der Waals surface area contributed by atoms with Crippen molar-refractivity contribution in [1.29, 1.82) is 10.5 Å². The summed E-state index contributed by atoms with van der Waals surface area (Å²) in [6, 6.07) is 13.3. The van der Waals surface area contributed by atoms with Crippen molar-refractivity contribution in [2.45, 2.75) is 70.9 Å². The van der Waals surface area contributed by atoms with Crippen LogP contribution in [0.4, 0.5) is 26.3 Å². The van der Waals surface area contributed by atoms with Gasteiger partial charge in [-0.3, -0.25) is 0 Å². The molecule has 0 heterocycles. The van der Waals surface area contributed by atoms with Crippen LogP contribution in [0.2, 0.25) is 0 Å². The van der Waals surface area contributed by atoms with E-state index in [-0.39, 0.29) is 59.4 Å². The molecule has 0 amide bonds. The Hall–Kier alpha value is -2.52. The van der Waals surface area contributed by atoms with Gasteiger partial charge in [-0.05, 0) is 48.9 Å². The van der Waals surface area contributed by atoms with Crippen LogP contribution >= 0.6 is 50.5 Å². The first-order chi connectivity index (χ1) is 20.5. The molecule has 2 aromatic rings. The van der Waals surface area contributed by atoms with E-state index in [1.54, 1.807) is 0 Å². The third kappa shape index (κ3) is 8.39. The van der Waals surface area contributed by atoms with Gasteiger partial charge < -0.3 is 11.5 Å². The lowest BCUT2D eigenvalue weighted by molar-refractivity contribution is -0.138. The molecule has 6 unspecified atom stereocenters. The molecule has 3 rings (SSSR count). The Labute approximate surface area is 274 Å². The largest absolute Gasteiger partial charge is 0.416 e. The van der Waals surface area contributed by atoms with E-state index in [9.17, 15) is 36.9 Å². The molecule has 1 aliphatic carbocycles. The monoisotopic (exact) mass is 688 g/mol. The lowest BCUT2D eigenvalue weighted by Crippen LogP contribution is -2.27. The zero-order valence-electron chi connectivity index (χ0n) is 23.0. The maximum Gasteiger partial charge on any atom is 0.416 e. The Morgan fingerprint density at radius 2 is 0.955 bits per heavy atom. The van der Waals surface area contributed by atoms with E-state index in [1.807, 2.05) is 0 Å². The molecular weight excluding hydrogens is 659 g/mol. The first-order valence-electron chi connectivity index (χ1n) is 13.4. The number of allylic oxidation sites excluding steroid dienone is 2. The zero-order valence-corrected chi connectivity index (χ0v) is 26.6. The standard InChI is InChI=1S/C30H30F6N4S4/c31-29(32,33)17-5-1-3-15(11-17)25-19(13-37)27(39)23(43)10-8-22(42)26(16-4-2-6-18(12-16)30(34,35)36)20(14-38)28(40)24(44)9-7-21(25)41/h1-6,11-12,21-26,41-44H,7-10,39-40H2/b27-19+,28-20+. The van der Waals surface area contributed by atoms with E-state index in [0.717, 1.165) is 24.3 Å². The molecule has 6 atom stereocenters. The normalized spacial score (nSPS) is 29.7. The minimum Gasteiger partial charge on any atom is -0.400 e. The average molecular weight is 689 g/mol. The Bertz CT molecular complexity index is 1380. The summed E-state index contributed by atoms with van der Waals surface area (Å²) >= 11 is 18.5. The summed E-state index contributed by atoms with van der Waals surface area (Å²) in [4.78, 5) is 0. The number of benzene rings is 2. The number of rotatable bonds is 2. The molecule has 0 saturated heterocycles. The fourth-order valence-corrected chi connectivity index (χ4v) is 6.78. The minimum atomic E-state index is -4.63. The summed E-state index contributed by atoms with van der Waals surface area (Å²) in [5, 5.41) is 17.4. The van der Waals surface area contributed by atoms with Crippen LogP contribution in [-0.2, 0) is 12.4 Å². The first kappa shape index (κ1) is 36.0. The smallest absolute Gasteiger partial charge is 0.400 e. The number of halogens is 6. The number of nitriles is 2. The third-order valence-electron chi connectivity index (χ3n) is 7.59. The van der Waals surface area contributed by atoms with Gasteiger partial charge in [-0.2, -0.15) is 87.4 Å². The summed E-state index contributed by atoms with van der Waals surface area (Å²) in [6.45, 7) is 0. The molecule has 0 spiro atoms. The molecule has 4 N–H and O–H groups in total. The second-order valence-corrected chi connectivity index (χ2v) is 13.1. The molecule has 1 aliphatic rings. The molecule has 0 saturated carbocycles. The van der Waals surface area contributed by atoms with Crippen molar-refractivity contribution >= 4 is 50.5 Å². The van der Waals surface area contributed by atoms with E-state index < -0.39 is 56.3 Å². The van der Waals surface area contributed by atoms with Gasteiger partial charge in [-0.25, -0.2) is 0 Å². The highest BCUT2D eigenvalue weighted by Crippen LogP contribution is 2.42. The molecule has 2 aromatic carbocycles. The molecule has 0 aromatic heterocycles. The Kier molecular flexibility index (Phi) is 12.0. The van der Waals surface area contributed by atoms with Crippen molar-refractivity contribution in [2.24, 2.45) is 11.5 Å². The molecule has 236 valence electrons. The van der Waals surface area contributed by atoms with E-state index in [4.69, 9.17) is 11.5 Å². The summed E-state index contributed by atoms with van der Waals surface area (Å²) < 4.78 is 81.5. The van der Waals surface area contributed by atoms with Gasteiger partial charge in [0.2, 0.25) is 0 Å². The Morgan fingerprint density at radius 1 is 0.614 bits per heavy atom. The molecule has 14 heteroatoms. The maximum atomic E-state index is 13.6. The van der Waals surface area contributed by atoms with E-state index >= 15 is 0 Å². The van der Waals surface area contributed by atoms with Crippen LogP contribution in [0.3, 0.4) is 0 Å². The van der Waals surface area contributed by atoms with Gasteiger partial charge in [0.25, 0.3) is 0 Å². The molecular formula is C30H30F6N4S4. The summed E-state index contributed by atoms with van der Waals surface area (Å²) in [6.07, 6.45) is -8.58. The van der Waals surface area contributed by atoms with Crippen molar-refractivity contribution in [3.8, 4) is 12.1 Å². The van der Waals surface area contributed by atoms with E-state index in [2.05, 4.69) is 62.7 Å². The summed E-state index contributed by atoms with van der Waals surface area (Å²) in [5.74, 6) is -1.90. The predicted molar refractivity (Wildman–Crippen MR) is 172 cm³/mol. The second-order valence-electron chi connectivity index (χ2n) is 10.5. The molecule has 0 fully saturated rings. The van der Waals surface area contributed by atoms with Gasteiger partial charge in [0.1, 0.15) is 0 Å². The minimum absolute atomic E-state index is 0.00321. The van der Waals surface area contributed by atoms with E-state index in [1.165, 1.54) is 24.3 Å². The van der Waals surface area contributed by atoms with Gasteiger partial charge in [0.15, 0.2) is 0 Å². The van der Waals surface area contributed by atoms with Gasteiger partial charge >= 0.3 is 12.4 Å². The van der Waals surface area contributed by atoms with Crippen molar-refractivity contribution in [1.82, 2.24) is 0 Å². The van der Waals surface area contributed by atoms with Gasteiger partial charge in [0.05, 0.1) is 34.4 Å². The fourth-order valence-electron chi connectivity index (χ4n) is 5.27. The number of nitrogens with two attached hydrogens (primary N) is 2. The highest BCUT2D eigenvalue weighted by atomic mass is 32.1. The number of hydrogen-bond donors (Lipinski definition) is 6. The molecule has 0 bridgehead atoms. The van der Waals surface area contributed by atoms with Crippen LogP contribution in [0, 0.1) is 22.7 Å². The van der Waals surface area contributed by atoms with Gasteiger partial charge in [0, 0.05) is 44.2 Å². The van der Waals surface area contributed by atoms with Crippen molar-refractivity contribution in [3.05, 3.63) is 93.3 Å². The third-order valence-corrected chi connectivity index (χ3v) is 9.78. The Balaban J connectivity index is 2.17. The molecule has 0 aliphatic heterocycles. The lowest BCUT2D eigenvalue weighted by Gasteiger charge is -2.30. The van der Waals surface area contributed by atoms with Gasteiger partial charge in [-0.1, -0.05) is 36.4 Å². The molecule has 4 nitrogen and oxygen atoms in total. The van der Waals surface area contributed by atoms with E-state index in [0.29, 0.717) is 0 Å². The van der Waals surface area contributed by atoms with Gasteiger partial charge in [-0.15, -0.1) is 0 Å². The SMILES string of the molecule is N#C/C1=C(\N)C(S)CCC(S)C(c2cccc(C(F)(F)F)c2)/C(C#N)=C(/N)C(S)CCC(S)C1c1cccc(C(F)(F)F)c1. The van der Waals surface area contributed by atoms with Crippen LogP contribution in [0.5, 0.6) is 0 Å². The van der Waals surface area contributed by atoms with Crippen molar-refractivity contribution in [2.75, 3.05) is 0 Å². The van der Waals surface area contributed by atoms with Crippen molar-refractivity contribution < 1.29 is 26.3 Å². The maximum absolute atomic E-state index is 13.6. The first-order valence-corrected chi connectivity index (χ1v) is 15.4. The highest BCUT2D eigenvalue weighted by molar-refractivity contribution is 7.81. The van der Waals surface area contributed by atoms with Crippen LogP contribution < -0.4 is 11.5 Å². The van der Waals surface area contributed by atoms with Crippen LogP contribution in [0.25, 0.3) is 0 Å². The molecule has 0 radical (unpaired) electrons. The molecule has 44 heavy (non-hydrogen) atoms. The predicted octanol–water partition coefficient (Wildman–Crippen LogP) is 7.83. The summed E-state index contributed by atoms with van der Waals surface area (Å²) in [5.41, 5.74) is 11.5. The number of thiol groups is 4. The number of alkyl halides is 6. The number of hydrogen-bond acceptors (Lipinski definition) is 8. The van der Waals surface area contributed by atoms with Crippen LogP contribution in [0.15, 0.2) is 71.1 Å². The second kappa shape index (κ2) is 14.7. The average Bonchev–Trinajstić information content (AvgIpc) is 2.97. The fraction of sp³-hybridized carbons (Fsp3) is 0.400. The number of nitrogens with zero attached hydrogens (tertiary/aromatic N) is 2. The van der Waals surface area contributed by atoms with Crippen LogP contribution in [0.1, 0.15) is 59.8 Å². The topological polar surface area (TPSA) is 99.6 Å². The quantitative estimate of drug-likeness (QED) is 0.143. The lowest BCUT2D eigenvalue weighted by atomic mass is 9.81. The highest BCUT2D eigenvalue weighted by Gasteiger charge is 2.36. The Morgan fingerprint density at radius 3 is 1.25 bits per heavy atom.